The Morgan fingerprint density at radius 2 is 2.22 bits per heavy atom. The first kappa shape index (κ1) is 15.5. The van der Waals surface area contributed by atoms with Crippen molar-refractivity contribution in [3.63, 3.8) is 0 Å². The van der Waals surface area contributed by atoms with Gasteiger partial charge in [0.25, 0.3) is 0 Å². The molecule has 1 aromatic carbocycles. The van der Waals surface area contributed by atoms with Crippen LogP contribution in [0.4, 0.5) is 0 Å². The fourth-order valence-electron chi connectivity index (χ4n) is 2.89. The molecule has 23 heavy (non-hydrogen) atoms. The number of para-hydroxylation sites is 2. The van der Waals surface area contributed by atoms with Crippen LogP contribution in [0.3, 0.4) is 0 Å². The van der Waals surface area contributed by atoms with Gasteiger partial charge in [0.15, 0.2) is 0 Å². The molecule has 1 fully saturated rings. The van der Waals surface area contributed by atoms with Crippen LogP contribution in [0.2, 0.25) is 0 Å². The molecular formula is C16H21N5O2. The number of hydrogen-bond acceptors (Lipinski definition) is 4. The number of carbonyl (C=O) groups excluding carboxylic acids is 2. The van der Waals surface area contributed by atoms with Crippen molar-refractivity contribution in [2.24, 2.45) is 7.05 Å². The van der Waals surface area contributed by atoms with Gasteiger partial charge in [-0.05, 0) is 19.1 Å². The van der Waals surface area contributed by atoms with E-state index in [-0.39, 0.29) is 24.4 Å². The molecule has 3 rings (SSSR count). The molecule has 7 nitrogen and oxygen atoms in total. The van der Waals surface area contributed by atoms with Gasteiger partial charge in [-0.2, -0.15) is 0 Å². The molecule has 2 N–H and O–H groups in total. The molecule has 7 heteroatoms. The van der Waals surface area contributed by atoms with Crippen LogP contribution in [0.1, 0.15) is 18.8 Å². The van der Waals surface area contributed by atoms with Crippen LogP contribution in [0.15, 0.2) is 24.3 Å². The van der Waals surface area contributed by atoms with Gasteiger partial charge >= 0.3 is 0 Å². The van der Waals surface area contributed by atoms with Crippen LogP contribution in [-0.2, 0) is 16.6 Å². The molecule has 1 aliphatic rings. The quantitative estimate of drug-likeness (QED) is 0.844. The predicted molar refractivity (Wildman–Crippen MR) is 86.7 cm³/mol. The summed E-state index contributed by atoms with van der Waals surface area (Å²) in [5.41, 5.74) is 1.93. The fourth-order valence-corrected chi connectivity index (χ4v) is 2.89. The van der Waals surface area contributed by atoms with Gasteiger partial charge in [0.1, 0.15) is 5.82 Å². The second-order valence-electron chi connectivity index (χ2n) is 5.80. The molecule has 0 bridgehead atoms. The zero-order chi connectivity index (χ0) is 16.4. The standard InChI is InChI=1S/C16H21N5O2/c1-11(16-19-12-5-3-4-6-13(12)20(16)2)18-14(22)10-21-8-7-17-9-15(21)23/h3-6,11,17H,7-10H2,1-2H3,(H,18,22). The molecule has 1 atom stereocenters. The predicted octanol–water partition coefficient (Wildman–Crippen LogP) is 0.182. The largest absolute Gasteiger partial charge is 0.345 e. The van der Waals surface area contributed by atoms with E-state index in [9.17, 15) is 9.59 Å². The number of benzene rings is 1. The normalized spacial score (nSPS) is 16.6. The zero-order valence-corrected chi connectivity index (χ0v) is 13.4. The smallest absolute Gasteiger partial charge is 0.240 e. The summed E-state index contributed by atoms with van der Waals surface area (Å²) < 4.78 is 1.98. The van der Waals surface area contributed by atoms with Gasteiger partial charge in [0.05, 0.1) is 30.2 Å². The number of aromatic nitrogens is 2. The second kappa shape index (κ2) is 6.37. The summed E-state index contributed by atoms with van der Waals surface area (Å²) in [6, 6.07) is 7.63. The van der Waals surface area contributed by atoms with Crippen molar-refractivity contribution in [3.05, 3.63) is 30.1 Å². The van der Waals surface area contributed by atoms with Crippen molar-refractivity contribution >= 4 is 22.8 Å². The van der Waals surface area contributed by atoms with Gasteiger partial charge in [-0.25, -0.2) is 4.98 Å². The lowest BCUT2D eigenvalue weighted by Crippen LogP contribution is -2.51. The lowest BCUT2D eigenvalue weighted by molar-refractivity contribution is -0.136. The van der Waals surface area contributed by atoms with Crippen molar-refractivity contribution in [2.75, 3.05) is 26.2 Å². The summed E-state index contributed by atoms with van der Waals surface area (Å²) >= 11 is 0. The van der Waals surface area contributed by atoms with Gasteiger partial charge in [0.2, 0.25) is 11.8 Å². The average molecular weight is 315 g/mol. The molecule has 1 saturated heterocycles. The molecule has 2 heterocycles. The second-order valence-corrected chi connectivity index (χ2v) is 5.80. The van der Waals surface area contributed by atoms with Crippen molar-refractivity contribution in [1.29, 1.82) is 0 Å². The first-order chi connectivity index (χ1) is 11.1. The molecule has 122 valence electrons. The summed E-state index contributed by atoms with van der Waals surface area (Å²) in [5.74, 6) is 0.591. The third-order valence-corrected chi connectivity index (χ3v) is 4.11. The van der Waals surface area contributed by atoms with Gasteiger partial charge in [-0.3, -0.25) is 9.59 Å². The topological polar surface area (TPSA) is 79.3 Å². The van der Waals surface area contributed by atoms with Gasteiger partial charge < -0.3 is 20.1 Å². The highest BCUT2D eigenvalue weighted by Crippen LogP contribution is 2.19. The Balaban J connectivity index is 1.67. The number of piperazine rings is 1. The lowest BCUT2D eigenvalue weighted by Gasteiger charge is -2.27. The monoisotopic (exact) mass is 315 g/mol. The molecule has 0 radical (unpaired) electrons. The molecule has 0 saturated carbocycles. The minimum Gasteiger partial charge on any atom is -0.345 e. The highest BCUT2D eigenvalue weighted by molar-refractivity contribution is 5.86. The Bertz CT molecular complexity index is 739. The molecule has 0 aliphatic carbocycles. The molecule has 2 amide bonds. The zero-order valence-electron chi connectivity index (χ0n) is 13.4. The van der Waals surface area contributed by atoms with E-state index in [4.69, 9.17) is 0 Å². The highest BCUT2D eigenvalue weighted by Gasteiger charge is 2.22. The number of carbonyl (C=O) groups is 2. The minimum absolute atomic E-state index is 0.0400. The highest BCUT2D eigenvalue weighted by atomic mass is 16.2. The maximum Gasteiger partial charge on any atom is 0.240 e. The van der Waals surface area contributed by atoms with Crippen LogP contribution >= 0.6 is 0 Å². The Kier molecular flexibility index (Phi) is 4.29. The Hall–Kier alpha value is -2.41. The number of aryl methyl sites for hydroxylation is 1. The molecule has 0 spiro atoms. The van der Waals surface area contributed by atoms with E-state index in [0.29, 0.717) is 13.1 Å². The third-order valence-electron chi connectivity index (χ3n) is 4.11. The van der Waals surface area contributed by atoms with Crippen molar-refractivity contribution in [3.8, 4) is 0 Å². The molecule has 1 aliphatic heterocycles. The number of nitrogens with zero attached hydrogens (tertiary/aromatic N) is 3. The summed E-state index contributed by atoms with van der Waals surface area (Å²) in [5, 5.41) is 5.92. The number of fused-ring (bicyclic) bond motifs is 1. The van der Waals surface area contributed by atoms with Crippen LogP contribution < -0.4 is 10.6 Å². The summed E-state index contributed by atoms with van der Waals surface area (Å²) in [6.07, 6.45) is 0. The van der Waals surface area contributed by atoms with E-state index in [1.54, 1.807) is 4.90 Å². The number of nitrogens with one attached hydrogen (secondary N) is 2. The van der Waals surface area contributed by atoms with E-state index in [1.807, 2.05) is 42.8 Å². The summed E-state index contributed by atoms with van der Waals surface area (Å²) in [7, 11) is 1.94. The van der Waals surface area contributed by atoms with Crippen LogP contribution in [0.25, 0.3) is 11.0 Å². The van der Waals surface area contributed by atoms with Gasteiger partial charge in [-0.1, -0.05) is 12.1 Å². The lowest BCUT2D eigenvalue weighted by atomic mass is 10.3. The van der Waals surface area contributed by atoms with Crippen LogP contribution in [0.5, 0.6) is 0 Å². The Morgan fingerprint density at radius 1 is 1.43 bits per heavy atom. The van der Waals surface area contributed by atoms with Crippen molar-refractivity contribution < 1.29 is 9.59 Å². The first-order valence-electron chi connectivity index (χ1n) is 7.75. The first-order valence-corrected chi connectivity index (χ1v) is 7.75. The van der Waals surface area contributed by atoms with Gasteiger partial charge in [0, 0.05) is 20.1 Å². The van der Waals surface area contributed by atoms with Crippen molar-refractivity contribution in [1.82, 2.24) is 25.1 Å². The summed E-state index contributed by atoms with van der Waals surface area (Å²) in [6.45, 7) is 3.58. The summed E-state index contributed by atoms with van der Waals surface area (Å²) in [4.78, 5) is 30.1. The van der Waals surface area contributed by atoms with E-state index >= 15 is 0 Å². The van der Waals surface area contributed by atoms with Crippen molar-refractivity contribution in [2.45, 2.75) is 13.0 Å². The minimum atomic E-state index is -0.224. The number of rotatable bonds is 4. The van der Waals surface area contributed by atoms with E-state index in [0.717, 1.165) is 23.4 Å². The van der Waals surface area contributed by atoms with Gasteiger partial charge in [-0.15, -0.1) is 0 Å². The van der Waals surface area contributed by atoms with E-state index in [1.165, 1.54) is 0 Å². The molecule has 1 aromatic heterocycles. The Labute approximate surface area is 134 Å². The fraction of sp³-hybridized carbons (Fsp3) is 0.438. The average Bonchev–Trinajstić information content (AvgIpc) is 2.87. The maximum absolute atomic E-state index is 12.2. The SMILES string of the molecule is CC(NC(=O)CN1CCNCC1=O)c1nc2ccccc2n1C. The molecular weight excluding hydrogens is 294 g/mol. The number of amides is 2. The van der Waals surface area contributed by atoms with E-state index < -0.39 is 0 Å². The van der Waals surface area contributed by atoms with Crippen LogP contribution in [-0.4, -0.2) is 52.4 Å². The van der Waals surface area contributed by atoms with Crippen LogP contribution in [0, 0.1) is 0 Å². The molecule has 1 unspecified atom stereocenters. The number of imidazole rings is 1. The van der Waals surface area contributed by atoms with E-state index in [2.05, 4.69) is 15.6 Å². The maximum atomic E-state index is 12.2. The molecule has 2 aromatic rings. The Morgan fingerprint density at radius 3 is 2.96 bits per heavy atom. The third kappa shape index (κ3) is 3.19. The number of hydrogen-bond donors (Lipinski definition) is 2.